The summed E-state index contributed by atoms with van der Waals surface area (Å²) in [4.78, 5) is 39.0. The van der Waals surface area contributed by atoms with E-state index in [0.717, 1.165) is 16.3 Å². The number of carbonyl (C=O) groups is 3. The number of nitrogens with zero attached hydrogens (tertiary/aromatic N) is 1. The van der Waals surface area contributed by atoms with Gasteiger partial charge in [0.05, 0.1) is 24.8 Å². The second kappa shape index (κ2) is 9.00. The van der Waals surface area contributed by atoms with Gasteiger partial charge in [0.15, 0.2) is 5.78 Å². The van der Waals surface area contributed by atoms with Gasteiger partial charge in [-0.1, -0.05) is 54.6 Å². The monoisotopic (exact) mass is 416 g/mol. The minimum Gasteiger partial charge on any atom is -0.491 e. The normalized spacial score (nSPS) is 14.4. The largest absolute Gasteiger partial charge is 0.491 e. The Hall–Kier alpha value is -3.67. The van der Waals surface area contributed by atoms with Gasteiger partial charge in [0.1, 0.15) is 12.3 Å². The molecule has 1 aliphatic rings. The smallest absolute Gasteiger partial charge is 0.240 e. The van der Waals surface area contributed by atoms with Crippen LogP contribution < -0.4 is 15.0 Å². The summed E-state index contributed by atoms with van der Waals surface area (Å²) in [7, 11) is 0. The maximum absolute atomic E-state index is 12.8. The van der Waals surface area contributed by atoms with Gasteiger partial charge in [-0.25, -0.2) is 0 Å². The van der Waals surface area contributed by atoms with E-state index in [9.17, 15) is 14.4 Å². The van der Waals surface area contributed by atoms with E-state index in [-0.39, 0.29) is 37.2 Å². The molecule has 0 radical (unpaired) electrons. The van der Waals surface area contributed by atoms with Crippen molar-refractivity contribution in [1.29, 1.82) is 0 Å². The van der Waals surface area contributed by atoms with Crippen LogP contribution >= 0.6 is 0 Å². The summed E-state index contributed by atoms with van der Waals surface area (Å²) in [5.74, 6) is -0.132. The molecule has 2 amide bonds. The molecule has 1 atom stereocenters. The standard InChI is InChI=1S/C25H24N2O4/c1-17(28)21(15-18-10-11-19-6-2-3-7-20(19)14-18)26-24(29)16-27-22-8-4-5-9-23(22)31-13-12-25(27)30/h2-11,14,21H,12-13,15-16H2,1H3,(H,26,29)/t21-/m1/s1. The number of anilines is 1. The SMILES string of the molecule is CC(=O)[C@@H](Cc1ccc2ccccc2c1)NC(=O)CN1C(=O)CCOc2ccccc21. The van der Waals surface area contributed by atoms with Crippen molar-refractivity contribution in [3.63, 3.8) is 0 Å². The average molecular weight is 416 g/mol. The zero-order valence-corrected chi connectivity index (χ0v) is 17.3. The van der Waals surface area contributed by atoms with E-state index in [1.165, 1.54) is 11.8 Å². The summed E-state index contributed by atoms with van der Waals surface area (Å²) in [5, 5.41) is 5.01. The van der Waals surface area contributed by atoms with Crippen LogP contribution in [0.2, 0.25) is 0 Å². The minimum absolute atomic E-state index is 0.132. The molecule has 1 heterocycles. The van der Waals surface area contributed by atoms with Crippen LogP contribution in [0.25, 0.3) is 10.8 Å². The van der Waals surface area contributed by atoms with E-state index in [2.05, 4.69) is 5.32 Å². The highest BCUT2D eigenvalue weighted by Gasteiger charge is 2.26. The Morgan fingerprint density at radius 1 is 1.03 bits per heavy atom. The van der Waals surface area contributed by atoms with E-state index >= 15 is 0 Å². The third-order valence-electron chi connectivity index (χ3n) is 5.41. The van der Waals surface area contributed by atoms with Crippen molar-refractivity contribution >= 4 is 34.1 Å². The van der Waals surface area contributed by atoms with Crippen molar-refractivity contribution in [2.45, 2.75) is 25.8 Å². The Morgan fingerprint density at radius 3 is 2.58 bits per heavy atom. The van der Waals surface area contributed by atoms with E-state index in [1.54, 1.807) is 18.2 Å². The van der Waals surface area contributed by atoms with Gasteiger partial charge in [0.2, 0.25) is 11.8 Å². The van der Waals surface area contributed by atoms with Gasteiger partial charge in [0.25, 0.3) is 0 Å². The highest BCUT2D eigenvalue weighted by Crippen LogP contribution is 2.30. The molecule has 3 aromatic carbocycles. The van der Waals surface area contributed by atoms with Crippen LogP contribution in [-0.4, -0.2) is 36.8 Å². The molecule has 0 aromatic heterocycles. The van der Waals surface area contributed by atoms with Crippen LogP contribution in [0.15, 0.2) is 66.7 Å². The van der Waals surface area contributed by atoms with Gasteiger partial charge >= 0.3 is 0 Å². The average Bonchev–Trinajstić information content (AvgIpc) is 2.92. The number of Topliss-reactive ketones (excluding diaryl/α,β-unsaturated/α-hetero) is 1. The number of hydrogen-bond donors (Lipinski definition) is 1. The lowest BCUT2D eigenvalue weighted by Gasteiger charge is -2.23. The van der Waals surface area contributed by atoms with E-state index in [0.29, 0.717) is 17.9 Å². The number of fused-ring (bicyclic) bond motifs is 2. The number of carbonyl (C=O) groups excluding carboxylic acids is 3. The molecule has 4 rings (SSSR count). The zero-order chi connectivity index (χ0) is 21.8. The number of amides is 2. The molecule has 6 nitrogen and oxygen atoms in total. The molecule has 3 aromatic rings. The van der Waals surface area contributed by atoms with Crippen molar-refractivity contribution in [3.05, 3.63) is 72.3 Å². The van der Waals surface area contributed by atoms with Crippen molar-refractivity contribution in [2.75, 3.05) is 18.1 Å². The molecule has 0 saturated carbocycles. The maximum Gasteiger partial charge on any atom is 0.240 e. The molecular formula is C25H24N2O4. The van der Waals surface area contributed by atoms with Crippen LogP contribution in [0.5, 0.6) is 5.75 Å². The summed E-state index contributed by atoms with van der Waals surface area (Å²) in [6, 6.07) is 20.5. The first-order valence-corrected chi connectivity index (χ1v) is 10.3. The third-order valence-corrected chi connectivity index (χ3v) is 5.41. The van der Waals surface area contributed by atoms with Crippen LogP contribution in [-0.2, 0) is 20.8 Å². The fourth-order valence-electron chi connectivity index (χ4n) is 3.77. The van der Waals surface area contributed by atoms with Crippen LogP contribution in [0.3, 0.4) is 0 Å². The van der Waals surface area contributed by atoms with E-state index < -0.39 is 6.04 Å². The first-order valence-electron chi connectivity index (χ1n) is 10.3. The number of benzene rings is 3. The number of nitrogens with one attached hydrogen (secondary N) is 1. The molecule has 6 heteroatoms. The molecule has 0 saturated heterocycles. The lowest BCUT2D eigenvalue weighted by molar-refractivity contribution is -0.127. The Morgan fingerprint density at radius 2 is 1.77 bits per heavy atom. The summed E-state index contributed by atoms with van der Waals surface area (Å²) in [5.41, 5.74) is 1.53. The predicted molar refractivity (Wildman–Crippen MR) is 119 cm³/mol. The highest BCUT2D eigenvalue weighted by atomic mass is 16.5. The molecule has 31 heavy (non-hydrogen) atoms. The van der Waals surface area contributed by atoms with Crippen LogP contribution in [0.4, 0.5) is 5.69 Å². The number of ketones is 1. The van der Waals surface area contributed by atoms with Gasteiger partial charge < -0.3 is 10.1 Å². The molecule has 0 fully saturated rings. The van der Waals surface area contributed by atoms with Crippen LogP contribution in [0.1, 0.15) is 18.9 Å². The highest BCUT2D eigenvalue weighted by molar-refractivity contribution is 6.01. The predicted octanol–water partition coefficient (Wildman–Crippen LogP) is 3.27. The summed E-state index contributed by atoms with van der Waals surface area (Å²) >= 11 is 0. The molecule has 158 valence electrons. The first-order chi connectivity index (χ1) is 15.0. The zero-order valence-electron chi connectivity index (χ0n) is 17.3. The maximum atomic E-state index is 12.8. The Balaban J connectivity index is 1.48. The van der Waals surface area contributed by atoms with Crippen molar-refractivity contribution in [2.24, 2.45) is 0 Å². The van der Waals surface area contributed by atoms with E-state index in [4.69, 9.17) is 4.74 Å². The number of hydrogen-bond acceptors (Lipinski definition) is 4. The second-order valence-electron chi connectivity index (χ2n) is 7.66. The molecule has 0 unspecified atom stereocenters. The van der Waals surface area contributed by atoms with Crippen molar-refractivity contribution in [3.8, 4) is 5.75 Å². The Bertz CT molecular complexity index is 1140. The lowest BCUT2D eigenvalue weighted by Crippen LogP contribution is -2.47. The summed E-state index contributed by atoms with van der Waals surface area (Å²) in [6.45, 7) is 1.57. The van der Waals surface area contributed by atoms with Crippen LogP contribution in [0, 0.1) is 0 Å². The molecule has 0 aliphatic carbocycles. The van der Waals surface area contributed by atoms with Crippen molar-refractivity contribution < 1.29 is 19.1 Å². The first kappa shape index (κ1) is 20.6. The lowest BCUT2D eigenvalue weighted by atomic mass is 10.00. The van der Waals surface area contributed by atoms with Gasteiger partial charge in [-0.3, -0.25) is 19.3 Å². The third kappa shape index (κ3) is 4.74. The van der Waals surface area contributed by atoms with Gasteiger partial charge in [-0.2, -0.15) is 0 Å². The Labute approximate surface area is 180 Å². The van der Waals surface area contributed by atoms with Gasteiger partial charge in [-0.05, 0) is 41.8 Å². The molecule has 1 N–H and O–H groups in total. The fraction of sp³-hybridized carbons (Fsp3) is 0.240. The topological polar surface area (TPSA) is 75.7 Å². The summed E-state index contributed by atoms with van der Waals surface area (Å²) < 4.78 is 5.62. The second-order valence-corrected chi connectivity index (χ2v) is 7.66. The molecule has 0 bridgehead atoms. The minimum atomic E-state index is -0.665. The van der Waals surface area contributed by atoms with Crippen molar-refractivity contribution in [1.82, 2.24) is 5.32 Å². The van der Waals surface area contributed by atoms with Gasteiger partial charge in [-0.15, -0.1) is 0 Å². The molecule has 1 aliphatic heterocycles. The molecule has 0 spiro atoms. The van der Waals surface area contributed by atoms with E-state index in [1.807, 2.05) is 48.5 Å². The number of rotatable bonds is 6. The molecular weight excluding hydrogens is 392 g/mol. The van der Waals surface area contributed by atoms with Gasteiger partial charge in [0, 0.05) is 0 Å². The quantitative estimate of drug-likeness (QED) is 0.669. The summed E-state index contributed by atoms with van der Waals surface area (Å²) in [6.07, 6.45) is 0.578. The fourth-order valence-corrected chi connectivity index (χ4v) is 3.77. The number of para-hydroxylation sites is 2. The Kier molecular flexibility index (Phi) is 5.98. The number of ether oxygens (including phenoxy) is 1.